The highest BCUT2D eigenvalue weighted by Crippen LogP contribution is 2.39. The molecule has 0 bridgehead atoms. The molecule has 106 valence electrons. The van der Waals surface area contributed by atoms with Crippen molar-refractivity contribution in [2.24, 2.45) is 11.8 Å². The van der Waals surface area contributed by atoms with Gasteiger partial charge >= 0.3 is 0 Å². The maximum absolute atomic E-state index is 13.8. The molecule has 1 N–H and O–H groups in total. The molecule has 0 radical (unpaired) electrons. The minimum absolute atomic E-state index is 0.214. The van der Waals surface area contributed by atoms with E-state index in [-0.39, 0.29) is 5.82 Å². The SMILES string of the molecule is CC1CCC(C(O)c2ccc(F)c3ccccc23)CC1. The summed E-state index contributed by atoms with van der Waals surface area (Å²) in [6, 6.07) is 10.7. The monoisotopic (exact) mass is 272 g/mol. The maximum atomic E-state index is 13.8. The van der Waals surface area contributed by atoms with E-state index in [4.69, 9.17) is 0 Å². The van der Waals surface area contributed by atoms with Gasteiger partial charge in [-0.1, -0.05) is 50.1 Å². The van der Waals surface area contributed by atoms with Crippen molar-refractivity contribution in [3.8, 4) is 0 Å². The van der Waals surface area contributed by atoms with E-state index in [0.29, 0.717) is 11.3 Å². The summed E-state index contributed by atoms with van der Waals surface area (Å²) in [6.45, 7) is 2.27. The zero-order chi connectivity index (χ0) is 14.1. The third-order valence-electron chi connectivity index (χ3n) is 4.73. The van der Waals surface area contributed by atoms with Crippen molar-refractivity contribution in [3.05, 3.63) is 47.8 Å². The second kappa shape index (κ2) is 5.53. The van der Waals surface area contributed by atoms with Crippen LogP contribution in [0.2, 0.25) is 0 Å². The average molecular weight is 272 g/mol. The Kier molecular flexibility index (Phi) is 3.75. The summed E-state index contributed by atoms with van der Waals surface area (Å²) in [5.74, 6) is 0.859. The normalized spacial score (nSPS) is 24.8. The first-order chi connectivity index (χ1) is 9.66. The largest absolute Gasteiger partial charge is 0.388 e. The minimum atomic E-state index is -0.479. The molecule has 2 aromatic carbocycles. The van der Waals surface area contributed by atoms with Crippen LogP contribution in [-0.2, 0) is 0 Å². The van der Waals surface area contributed by atoms with Gasteiger partial charge in [0.05, 0.1) is 6.10 Å². The summed E-state index contributed by atoms with van der Waals surface area (Å²) >= 11 is 0. The molecule has 1 unspecified atom stereocenters. The molecule has 1 saturated carbocycles. The molecule has 0 aliphatic heterocycles. The van der Waals surface area contributed by atoms with Crippen molar-refractivity contribution in [1.29, 1.82) is 0 Å². The van der Waals surface area contributed by atoms with Gasteiger partial charge in [-0.25, -0.2) is 4.39 Å². The third-order valence-corrected chi connectivity index (χ3v) is 4.73. The van der Waals surface area contributed by atoms with E-state index in [0.717, 1.165) is 29.7 Å². The highest BCUT2D eigenvalue weighted by atomic mass is 19.1. The van der Waals surface area contributed by atoms with Crippen LogP contribution in [0.1, 0.15) is 44.3 Å². The van der Waals surface area contributed by atoms with Gasteiger partial charge in [-0.2, -0.15) is 0 Å². The van der Waals surface area contributed by atoms with Gasteiger partial charge in [0.1, 0.15) is 5.82 Å². The number of fused-ring (bicyclic) bond motifs is 1. The molecule has 3 rings (SSSR count). The molecule has 1 aliphatic carbocycles. The fourth-order valence-electron chi connectivity index (χ4n) is 3.40. The number of hydrogen-bond donors (Lipinski definition) is 1. The second-order valence-electron chi connectivity index (χ2n) is 6.15. The lowest BCUT2D eigenvalue weighted by atomic mass is 9.78. The Bertz CT molecular complexity index is 599. The van der Waals surface area contributed by atoms with Crippen LogP contribution in [0.3, 0.4) is 0 Å². The fraction of sp³-hybridized carbons (Fsp3) is 0.444. The molecule has 0 spiro atoms. The summed E-state index contributed by atoms with van der Waals surface area (Å²) in [5, 5.41) is 12.1. The number of rotatable bonds is 2. The third kappa shape index (κ3) is 2.45. The van der Waals surface area contributed by atoms with Crippen LogP contribution < -0.4 is 0 Å². The second-order valence-corrected chi connectivity index (χ2v) is 6.15. The Labute approximate surface area is 119 Å². The predicted octanol–water partition coefficient (Wildman–Crippen LogP) is 4.84. The minimum Gasteiger partial charge on any atom is -0.388 e. The van der Waals surface area contributed by atoms with Gasteiger partial charge < -0.3 is 5.11 Å². The van der Waals surface area contributed by atoms with Crippen molar-refractivity contribution in [3.63, 3.8) is 0 Å². The van der Waals surface area contributed by atoms with Crippen molar-refractivity contribution in [2.75, 3.05) is 0 Å². The molecule has 20 heavy (non-hydrogen) atoms. The smallest absolute Gasteiger partial charge is 0.131 e. The molecule has 0 aromatic heterocycles. The van der Waals surface area contributed by atoms with Crippen LogP contribution in [0.4, 0.5) is 4.39 Å². The quantitative estimate of drug-likeness (QED) is 0.829. The fourth-order valence-corrected chi connectivity index (χ4v) is 3.40. The van der Waals surface area contributed by atoms with Gasteiger partial charge in [-0.05, 0) is 41.7 Å². The Hall–Kier alpha value is -1.41. The van der Waals surface area contributed by atoms with Crippen LogP contribution >= 0.6 is 0 Å². The summed E-state index contributed by atoms with van der Waals surface area (Å²) in [6.07, 6.45) is 4.01. The van der Waals surface area contributed by atoms with Gasteiger partial charge in [-0.15, -0.1) is 0 Å². The Morgan fingerprint density at radius 2 is 1.65 bits per heavy atom. The van der Waals surface area contributed by atoms with Crippen molar-refractivity contribution >= 4 is 10.8 Å². The molecule has 0 amide bonds. The predicted molar refractivity (Wildman–Crippen MR) is 80.0 cm³/mol. The molecule has 1 fully saturated rings. The van der Waals surface area contributed by atoms with E-state index in [2.05, 4.69) is 6.92 Å². The Morgan fingerprint density at radius 3 is 2.35 bits per heavy atom. The zero-order valence-corrected chi connectivity index (χ0v) is 11.8. The molecule has 1 atom stereocenters. The lowest BCUT2D eigenvalue weighted by Crippen LogP contribution is -2.19. The summed E-state index contributed by atoms with van der Waals surface area (Å²) in [7, 11) is 0. The molecule has 1 aliphatic rings. The molecule has 0 heterocycles. The first kappa shape index (κ1) is 13.6. The van der Waals surface area contributed by atoms with Gasteiger partial charge in [0.15, 0.2) is 0 Å². The first-order valence-corrected chi connectivity index (χ1v) is 7.52. The highest BCUT2D eigenvalue weighted by Gasteiger charge is 2.26. The van der Waals surface area contributed by atoms with Gasteiger partial charge in [0.25, 0.3) is 0 Å². The molecule has 1 nitrogen and oxygen atoms in total. The average Bonchev–Trinajstić information content (AvgIpc) is 2.48. The summed E-state index contributed by atoms with van der Waals surface area (Å²) < 4.78 is 13.8. The number of aliphatic hydroxyl groups is 1. The Morgan fingerprint density at radius 1 is 1.00 bits per heavy atom. The van der Waals surface area contributed by atoms with Crippen LogP contribution in [0.5, 0.6) is 0 Å². The molecule has 2 heteroatoms. The van der Waals surface area contributed by atoms with E-state index >= 15 is 0 Å². The topological polar surface area (TPSA) is 20.2 Å². The van der Waals surface area contributed by atoms with Crippen LogP contribution in [0.15, 0.2) is 36.4 Å². The van der Waals surface area contributed by atoms with E-state index in [1.54, 1.807) is 12.1 Å². The van der Waals surface area contributed by atoms with Crippen LogP contribution in [-0.4, -0.2) is 5.11 Å². The number of halogens is 1. The maximum Gasteiger partial charge on any atom is 0.131 e. The lowest BCUT2D eigenvalue weighted by molar-refractivity contribution is 0.0767. The van der Waals surface area contributed by atoms with Crippen LogP contribution in [0, 0.1) is 17.7 Å². The first-order valence-electron chi connectivity index (χ1n) is 7.52. The van der Waals surface area contributed by atoms with Gasteiger partial charge in [-0.3, -0.25) is 0 Å². The van der Waals surface area contributed by atoms with Crippen LogP contribution in [0.25, 0.3) is 10.8 Å². The number of benzene rings is 2. The van der Waals surface area contributed by atoms with E-state index in [1.165, 1.54) is 18.9 Å². The van der Waals surface area contributed by atoms with Gasteiger partial charge in [0, 0.05) is 5.39 Å². The Balaban J connectivity index is 1.95. The van der Waals surface area contributed by atoms with Crippen molar-refractivity contribution in [1.82, 2.24) is 0 Å². The molecule has 2 aromatic rings. The molecular weight excluding hydrogens is 251 g/mol. The zero-order valence-electron chi connectivity index (χ0n) is 11.8. The lowest BCUT2D eigenvalue weighted by Gasteiger charge is -2.30. The standard InChI is InChI=1S/C18H21FO/c1-12-6-8-13(9-7-12)18(20)16-10-11-17(19)15-5-3-2-4-14(15)16/h2-5,10-13,18,20H,6-9H2,1H3. The summed E-state index contributed by atoms with van der Waals surface area (Å²) in [4.78, 5) is 0. The highest BCUT2D eigenvalue weighted by molar-refractivity contribution is 5.86. The van der Waals surface area contributed by atoms with E-state index < -0.39 is 6.10 Å². The molecular formula is C18H21FO. The number of hydrogen-bond acceptors (Lipinski definition) is 1. The van der Waals surface area contributed by atoms with E-state index in [9.17, 15) is 9.50 Å². The van der Waals surface area contributed by atoms with Crippen molar-refractivity contribution < 1.29 is 9.50 Å². The van der Waals surface area contributed by atoms with E-state index in [1.807, 2.05) is 18.2 Å². The molecule has 0 saturated heterocycles. The van der Waals surface area contributed by atoms with Gasteiger partial charge in [0.2, 0.25) is 0 Å². The van der Waals surface area contributed by atoms with Crippen molar-refractivity contribution in [2.45, 2.75) is 38.7 Å². The number of aliphatic hydroxyl groups excluding tert-OH is 1. The summed E-state index contributed by atoms with van der Waals surface area (Å²) in [5.41, 5.74) is 0.876.